The molecule has 0 bridgehead atoms. The van der Waals surface area contributed by atoms with Gasteiger partial charge in [-0.05, 0) is 71.2 Å². The van der Waals surface area contributed by atoms with E-state index in [0.717, 1.165) is 33.6 Å². The molecule has 2 N–H and O–H groups in total. The summed E-state index contributed by atoms with van der Waals surface area (Å²) in [6.07, 6.45) is 0.735. The van der Waals surface area contributed by atoms with Gasteiger partial charge in [0, 0.05) is 12.2 Å². The van der Waals surface area contributed by atoms with Crippen molar-refractivity contribution in [3.63, 3.8) is 0 Å². The van der Waals surface area contributed by atoms with Gasteiger partial charge in [-0.15, -0.1) is 0 Å². The monoisotopic (exact) mass is 392 g/mol. The van der Waals surface area contributed by atoms with Crippen molar-refractivity contribution in [3.8, 4) is 11.5 Å². The summed E-state index contributed by atoms with van der Waals surface area (Å²) in [5.41, 5.74) is 1.84. The minimum absolute atomic E-state index is 0.230. The summed E-state index contributed by atoms with van der Waals surface area (Å²) in [6, 6.07) is 12.9. The molecular formula is C18H21BrN2O3. The second-order valence-corrected chi connectivity index (χ2v) is 5.91. The molecule has 5 nitrogen and oxygen atoms in total. The second kappa shape index (κ2) is 9.17. The van der Waals surface area contributed by atoms with Gasteiger partial charge in [-0.3, -0.25) is 0 Å². The molecule has 0 saturated carbocycles. The summed E-state index contributed by atoms with van der Waals surface area (Å²) in [5.74, 6) is 1.58. The number of hydrogen-bond acceptors (Lipinski definition) is 3. The van der Waals surface area contributed by atoms with Crippen LogP contribution < -0.4 is 20.1 Å². The lowest BCUT2D eigenvalue weighted by Crippen LogP contribution is -2.30. The van der Waals surface area contributed by atoms with E-state index < -0.39 is 0 Å². The standard InChI is InChI=1S/C18H21BrN2O3/c1-3-24-15-7-5-14(6-8-15)21-18(22)20-11-10-13-4-9-17(23-2)16(19)12-13/h4-9,12H,3,10-11H2,1-2H3,(H2,20,21,22). The lowest BCUT2D eigenvalue weighted by molar-refractivity contribution is 0.252. The van der Waals surface area contributed by atoms with Crippen molar-refractivity contribution in [1.29, 1.82) is 0 Å². The largest absolute Gasteiger partial charge is 0.496 e. The number of carbonyl (C=O) groups is 1. The van der Waals surface area contributed by atoms with E-state index >= 15 is 0 Å². The van der Waals surface area contributed by atoms with Crippen molar-refractivity contribution in [1.82, 2.24) is 5.32 Å². The number of benzene rings is 2. The zero-order chi connectivity index (χ0) is 17.4. The van der Waals surface area contributed by atoms with Crippen molar-refractivity contribution >= 4 is 27.6 Å². The first kappa shape index (κ1) is 18.1. The van der Waals surface area contributed by atoms with Crippen LogP contribution in [0.1, 0.15) is 12.5 Å². The highest BCUT2D eigenvalue weighted by Gasteiger charge is 2.04. The Hall–Kier alpha value is -2.21. The van der Waals surface area contributed by atoms with E-state index in [-0.39, 0.29) is 6.03 Å². The molecule has 0 saturated heterocycles. The van der Waals surface area contributed by atoms with Crippen molar-refractivity contribution < 1.29 is 14.3 Å². The average molecular weight is 393 g/mol. The van der Waals surface area contributed by atoms with E-state index in [4.69, 9.17) is 9.47 Å². The Bertz CT molecular complexity index is 674. The molecule has 128 valence electrons. The number of ether oxygens (including phenoxy) is 2. The number of hydrogen-bond donors (Lipinski definition) is 2. The first-order chi connectivity index (χ1) is 11.6. The van der Waals surface area contributed by atoms with Crippen LogP contribution in [0.15, 0.2) is 46.9 Å². The molecule has 2 aromatic carbocycles. The minimum atomic E-state index is -0.230. The Morgan fingerprint density at radius 1 is 1.17 bits per heavy atom. The predicted octanol–water partition coefficient (Wildman–Crippen LogP) is 4.22. The summed E-state index contributed by atoms with van der Waals surface area (Å²) in [5, 5.41) is 5.63. The minimum Gasteiger partial charge on any atom is -0.496 e. The molecule has 0 aromatic heterocycles. The van der Waals surface area contributed by atoms with Gasteiger partial charge in [0.25, 0.3) is 0 Å². The maximum Gasteiger partial charge on any atom is 0.319 e. The molecule has 2 aromatic rings. The number of methoxy groups -OCH3 is 1. The van der Waals surface area contributed by atoms with Gasteiger partial charge in [0.2, 0.25) is 0 Å². The maximum atomic E-state index is 11.9. The fraction of sp³-hybridized carbons (Fsp3) is 0.278. The van der Waals surface area contributed by atoms with Gasteiger partial charge in [-0.25, -0.2) is 4.79 Å². The summed E-state index contributed by atoms with van der Waals surface area (Å²) < 4.78 is 11.5. The number of carbonyl (C=O) groups excluding carboxylic acids is 1. The predicted molar refractivity (Wildman–Crippen MR) is 99.0 cm³/mol. The Morgan fingerprint density at radius 2 is 1.92 bits per heavy atom. The number of nitrogens with one attached hydrogen (secondary N) is 2. The molecule has 0 aliphatic heterocycles. The normalized spacial score (nSPS) is 10.1. The van der Waals surface area contributed by atoms with E-state index in [1.54, 1.807) is 7.11 Å². The molecular weight excluding hydrogens is 372 g/mol. The van der Waals surface area contributed by atoms with Gasteiger partial charge >= 0.3 is 6.03 Å². The highest BCUT2D eigenvalue weighted by atomic mass is 79.9. The lowest BCUT2D eigenvalue weighted by atomic mass is 10.1. The highest BCUT2D eigenvalue weighted by Crippen LogP contribution is 2.25. The van der Waals surface area contributed by atoms with Crippen LogP contribution in [-0.2, 0) is 6.42 Å². The van der Waals surface area contributed by atoms with Crippen LogP contribution >= 0.6 is 15.9 Å². The molecule has 0 radical (unpaired) electrons. The molecule has 0 aliphatic rings. The molecule has 0 heterocycles. The number of halogens is 1. The lowest BCUT2D eigenvalue weighted by Gasteiger charge is -2.09. The summed E-state index contributed by atoms with van der Waals surface area (Å²) in [6.45, 7) is 3.09. The van der Waals surface area contributed by atoms with Gasteiger partial charge < -0.3 is 20.1 Å². The molecule has 24 heavy (non-hydrogen) atoms. The van der Waals surface area contributed by atoms with E-state index in [9.17, 15) is 4.79 Å². The maximum absolute atomic E-state index is 11.9. The smallest absolute Gasteiger partial charge is 0.319 e. The van der Waals surface area contributed by atoms with E-state index in [1.165, 1.54) is 0 Å². The van der Waals surface area contributed by atoms with Gasteiger partial charge in [-0.2, -0.15) is 0 Å². The molecule has 2 amide bonds. The van der Waals surface area contributed by atoms with Gasteiger partial charge in [0.15, 0.2) is 0 Å². The van der Waals surface area contributed by atoms with Crippen LogP contribution in [0.4, 0.5) is 10.5 Å². The molecule has 0 unspecified atom stereocenters. The van der Waals surface area contributed by atoms with Crippen LogP contribution in [0.25, 0.3) is 0 Å². The molecule has 0 spiro atoms. The van der Waals surface area contributed by atoms with E-state index in [2.05, 4.69) is 26.6 Å². The van der Waals surface area contributed by atoms with E-state index in [1.807, 2.05) is 49.4 Å². The third-order valence-corrected chi connectivity index (χ3v) is 3.96. The first-order valence-corrected chi connectivity index (χ1v) is 8.51. The highest BCUT2D eigenvalue weighted by molar-refractivity contribution is 9.10. The van der Waals surface area contributed by atoms with Crippen LogP contribution in [0, 0.1) is 0 Å². The Balaban J connectivity index is 1.77. The molecule has 0 atom stereocenters. The van der Waals surface area contributed by atoms with Gasteiger partial charge in [-0.1, -0.05) is 6.07 Å². The van der Waals surface area contributed by atoms with Crippen molar-refractivity contribution in [2.75, 3.05) is 25.6 Å². The molecule has 2 rings (SSSR count). The van der Waals surface area contributed by atoms with Crippen LogP contribution in [0.2, 0.25) is 0 Å². The number of anilines is 1. The Kier molecular flexibility index (Phi) is 6.93. The summed E-state index contributed by atoms with van der Waals surface area (Å²) in [4.78, 5) is 11.9. The first-order valence-electron chi connectivity index (χ1n) is 7.72. The average Bonchev–Trinajstić information content (AvgIpc) is 2.57. The molecule has 6 heteroatoms. The number of rotatable bonds is 7. The second-order valence-electron chi connectivity index (χ2n) is 5.06. The number of urea groups is 1. The fourth-order valence-electron chi connectivity index (χ4n) is 2.16. The van der Waals surface area contributed by atoms with Crippen molar-refractivity contribution in [3.05, 3.63) is 52.5 Å². The third kappa shape index (κ3) is 5.45. The SMILES string of the molecule is CCOc1ccc(NC(=O)NCCc2ccc(OC)c(Br)c2)cc1. The van der Waals surface area contributed by atoms with Gasteiger partial charge in [0.05, 0.1) is 18.2 Å². The van der Waals surface area contributed by atoms with Crippen LogP contribution in [0.3, 0.4) is 0 Å². The van der Waals surface area contributed by atoms with Crippen LogP contribution in [-0.4, -0.2) is 26.3 Å². The number of amides is 2. The van der Waals surface area contributed by atoms with Crippen LogP contribution in [0.5, 0.6) is 11.5 Å². The summed E-state index contributed by atoms with van der Waals surface area (Å²) in [7, 11) is 1.63. The molecule has 0 fully saturated rings. The zero-order valence-electron chi connectivity index (χ0n) is 13.8. The zero-order valence-corrected chi connectivity index (χ0v) is 15.4. The Labute approximate surface area is 150 Å². The van der Waals surface area contributed by atoms with E-state index in [0.29, 0.717) is 13.2 Å². The quantitative estimate of drug-likeness (QED) is 0.741. The molecule has 0 aliphatic carbocycles. The third-order valence-electron chi connectivity index (χ3n) is 3.34. The van der Waals surface area contributed by atoms with Crippen molar-refractivity contribution in [2.24, 2.45) is 0 Å². The Morgan fingerprint density at radius 3 is 2.54 bits per heavy atom. The van der Waals surface area contributed by atoms with Crippen molar-refractivity contribution in [2.45, 2.75) is 13.3 Å². The topological polar surface area (TPSA) is 59.6 Å². The van der Waals surface area contributed by atoms with Gasteiger partial charge in [0.1, 0.15) is 11.5 Å². The summed E-state index contributed by atoms with van der Waals surface area (Å²) >= 11 is 3.45. The fourth-order valence-corrected chi connectivity index (χ4v) is 2.75.